The average Bonchev–Trinajstić information content (AvgIpc) is 3.06. The Labute approximate surface area is 110 Å². The summed E-state index contributed by atoms with van der Waals surface area (Å²) in [5, 5.41) is 14.4. The van der Waals surface area contributed by atoms with E-state index >= 15 is 0 Å². The van der Waals surface area contributed by atoms with E-state index in [0.29, 0.717) is 11.2 Å². The van der Waals surface area contributed by atoms with E-state index in [1.165, 1.54) is 12.5 Å². The Morgan fingerprint density at radius 2 is 2.32 bits per heavy atom. The summed E-state index contributed by atoms with van der Waals surface area (Å²) in [7, 11) is 0. The molecule has 0 saturated heterocycles. The summed E-state index contributed by atoms with van der Waals surface area (Å²) in [4.78, 5) is 22.4. The van der Waals surface area contributed by atoms with E-state index in [4.69, 9.17) is 21.1 Å². The van der Waals surface area contributed by atoms with Crippen LogP contribution in [0.2, 0.25) is 0 Å². The number of aliphatic hydroxyl groups is 1. The van der Waals surface area contributed by atoms with Gasteiger partial charge in [-0.2, -0.15) is 5.10 Å². The first-order valence-corrected chi connectivity index (χ1v) is 5.75. The number of hydrogen-bond acceptors (Lipinski definition) is 6. The molecule has 0 aliphatic carbocycles. The van der Waals surface area contributed by atoms with Gasteiger partial charge in [0.05, 0.1) is 6.20 Å². The van der Waals surface area contributed by atoms with Gasteiger partial charge in [-0.25, -0.2) is 9.97 Å². The highest BCUT2D eigenvalue weighted by molar-refractivity contribution is 6.22. The van der Waals surface area contributed by atoms with E-state index in [-0.39, 0.29) is 29.4 Å². The summed E-state index contributed by atoms with van der Waals surface area (Å²) >= 11 is 6.17. The lowest BCUT2D eigenvalue weighted by Gasteiger charge is -2.04. The molecule has 0 aliphatic rings. The number of aromatic amines is 2. The first-order valence-electron chi connectivity index (χ1n) is 5.31. The summed E-state index contributed by atoms with van der Waals surface area (Å²) in [6.45, 7) is -0.325. The topological polar surface area (TPSA) is 121 Å². The van der Waals surface area contributed by atoms with Crippen LogP contribution in [0.25, 0.3) is 11.0 Å². The van der Waals surface area contributed by atoms with Crippen molar-refractivity contribution in [2.45, 2.75) is 12.0 Å². The quantitative estimate of drug-likeness (QED) is 0.600. The first kappa shape index (κ1) is 11.9. The van der Waals surface area contributed by atoms with E-state index in [0.717, 1.165) is 0 Å². The number of alkyl halides is 1. The van der Waals surface area contributed by atoms with Gasteiger partial charge in [0.2, 0.25) is 5.89 Å². The molecule has 0 saturated carbocycles. The third-order valence-corrected chi connectivity index (χ3v) is 2.96. The van der Waals surface area contributed by atoms with Crippen LogP contribution in [0.5, 0.6) is 0 Å². The molecule has 8 nitrogen and oxygen atoms in total. The normalized spacial score (nSPS) is 12.9. The van der Waals surface area contributed by atoms with E-state index < -0.39 is 5.38 Å². The second-order valence-electron chi connectivity index (χ2n) is 3.77. The number of fused-ring (bicyclic) bond motifs is 1. The van der Waals surface area contributed by atoms with Crippen molar-refractivity contribution in [3.05, 3.63) is 40.2 Å². The van der Waals surface area contributed by atoms with Gasteiger partial charge in [0, 0.05) is 0 Å². The minimum Gasteiger partial charge on any atom is -0.446 e. The lowest BCUT2D eigenvalue weighted by atomic mass is 10.3. The molecule has 0 fully saturated rings. The van der Waals surface area contributed by atoms with Crippen molar-refractivity contribution >= 4 is 22.6 Å². The van der Waals surface area contributed by atoms with Crippen molar-refractivity contribution in [2.75, 3.05) is 0 Å². The highest BCUT2D eigenvalue weighted by Gasteiger charge is 2.19. The average molecular weight is 282 g/mol. The fraction of sp³-hybridized carbons (Fsp3) is 0.200. The minimum absolute atomic E-state index is 0.146. The molecule has 1 unspecified atom stereocenters. The molecule has 98 valence electrons. The number of nitrogens with one attached hydrogen (secondary N) is 2. The van der Waals surface area contributed by atoms with Crippen LogP contribution in [0.15, 0.2) is 21.7 Å². The third-order valence-electron chi connectivity index (χ3n) is 2.53. The van der Waals surface area contributed by atoms with Crippen LogP contribution in [0.1, 0.15) is 22.8 Å². The van der Waals surface area contributed by atoms with Gasteiger partial charge in [-0.1, -0.05) is 0 Å². The molecule has 0 aromatic carbocycles. The Morgan fingerprint density at radius 3 is 3.05 bits per heavy atom. The Kier molecular flexibility index (Phi) is 2.80. The molecule has 0 aliphatic heterocycles. The molecule has 3 aromatic heterocycles. The number of aliphatic hydroxyl groups excluding tert-OH is 1. The number of H-pyrrole nitrogens is 2. The number of nitrogens with zero attached hydrogens (tertiary/aromatic N) is 3. The summed E-state index contributed by atoms with van der Waals surface area (Å²) in [5.41, 5.74) is 0.685. The minimum atomic E-state index is -0.781. The van der Waals surface area contributed by atoms with Crippen LogP contribution >= 0.6 is 11.6 Å². The van der Waals surface area contributed by atoms with Crippen LogP contribution in [-0.4, -0.2) is 30.3 Å². The summed E-state index contributed by atoms with van der Waals surface area (Å²) < 4.78 is 4.98. The largest absolute Gasteiger partial charge is 0.446 e. The van der Waals surface area contributed by atoms with Crippen molar-refractivity contribution in [1.82, 2.24) is 25.1 Å². The maximum atomic E-state index is 11.7. The summed E-state index contributed by atoms with van der Waals surface area (Å²) in [5.74, 6) is 0.380. The van der Waals surface area contributed by atoms with Crippen LogP contribution in [-0.2, 0) is 6.61 Å². The second kappa shape index (κ2) is 4.48. The van der Waals surface area contributed by atoms with E-state index in [2.05, 4.69) is 25.1 Å². The smallest absolute Gasteiger partial charge is 0.276 e. The summed E-state index contributed by atoms with van der Waals surface area (Å²) in [6, 6.07) is 0. The lowest BCUT2D eigenvalue weighted by molar-refractivity contribution is 0.240. The van der Waals surface area contributed by atoms with Crippen molar-refractivity contribution in [2.24, 2.45) is 0 Å². The predicted molar refractivity (Wildman–Crippen MR) is 64.6 cm³/mol. The van der Waals surface area contributed by atoms with Gasteiger partial charge in [-0.05, 0) is 0 Å². The van der Waals surface area contributed by atoms with Crippen LogP contribution in [0.3, 0.4) is 0 Å². The molecule has 3 N–H and O–H groups in total. The molecule has 0 spiro atoms. The highest BCUT2D eigenvalue weighted by Crippen LogP contribution is 2.25. The summed E-state index contributed by atoms with van der Waals surface area (Å²) in [6.07, 6.45) is 2.74. The fourth-order valence-electron chi connectivity index (χ4n) is 1.64. The van der Waals surface area contributed by atoms with Crippen LogP contribution in [0, 0.1) is 0 Å². The molecule has 9 heteroatoms. The molecule has 0 bridgehead atoms. The monoisotopic (exact) mass is 281 g/mol. The maximum Gasteiger partial charge on any atom is 0.276 e. The molecule has 3 aromatic rings. The molecule has 1 atom stereocenters. The number of rotatable bonds is 3. The first-order chi connectivity index (χ1) is 9.19. The van der Waals surface area contributed by atoms with Crippen molar-refractivity contribution in [3.8, 4) is 0 Å². The van der Waals surface area contributed by atoms with E-state index in [1.54, 1.807) is 0 Å². The van der Waals surface area contributed by atoms with Crippen molar-refractivity contribution in [3.63, 3.8) is 0 Å². The van der Waals surface area contributed by atoms with Crippen molar-refractivity contribution in [1.29, 1.82) is 0 Å². The molecule has 3 rings (SSSR count). The molecule has 3 heterocycles. The zero-order valence-electron chi connectivity index (χ0n) is 9.42. The van der Waals surface area contributed by atoms with Gasteiger partial charge in [0.1, 0.15) is 40.8 Å². The second-order valence-corrected chi connectivity index (χ2v) is 4.20. The Bertz CT molecular complexity index is 777. The third kappa shape index (κ3) is 2.00. The Balaban J connectivity index is 2.05. The van der Waals surface area contributed by atoms with E-state index in [9.17, 15) is 4.79 Å². The van der Waals surface area contributed by atoms with Crippen LogP contribution < -0.4 is 5.56 Å². The number of hydrogen-bond donors (Lipinski definition) is 3. The van der Waals surface area contributed by atoms with Gasteiger partial charge >= 0.3 is 0 Å². The fourth-order valence-corrected chi connectivity index (χ4v) is 1.85. The van der Waals surface area contributed by atoms with Gasteiger partial charge in [-0.15, -0.1) is 11.6 Å². The highest BCUT2D eigenvalue weighted by atomic mass is 35.5. The number of aromatic nitrogens is 5. The molecular formula is C10H8ClN5O3. The standard InChI is InChI=1S/C10H8ClN5O3/c11-7(5-3-19-6(2-17)13-5)9-14-4-1-12-16-8(4)10(18)15-9/h1,3,7,17H,2H2,(H,12,16)(H,14,15,18). The van der Waals surface area contributed by atoms with Gasteiger partial charge in [0.15, 0.2) is 0 Å². The lowest BCUT2D eigenvalue weighted by Crippen LogP contribution is -2.13. The zero-order chi connectivity index (χ0) is 13.4. The molecule has 0 amide bonds. The van der Waals surface area contributed by atoms with Gasteiger partial charge in [0.25, 0.3) is 5.56 Å². The molecule has 19 heavy (non-hydrogen) atoms. The van der Waals surface area contributed by atoms with E-state index in [1.807, 2.05) is 0 Å². The SMILES string of the molecule is O=c1[nH]c(C(Cl)c2coc(CO)n2)nc2cn[nH]c12. The van der Waals surface area contributed by atoms with Crippen LogP contribution in [0.4, 0.5) is 0 Å². The Hall–Kier alpha value is -2.19. The number of halogens is 1. The number of oxazole rings is 1. The molecule has 0 radical (unpaired) electrons. The molecular weight excluding hydrogens is 274 g/mol. The maximum absolute atomic E-state index is 11.7. The van der Waals surface area contributed by atoms with Gasteiger partial charge in [-0.3, -0.25) is 9.89 Å². The Morgan fingerprint density at radius 1 is 1.47 bits per heavy atom. The van der Waals surface area contributed by atoms with Crippen molar-refractivity contribution < 1.29 is 9.52 Å². The van der Waals surface area contributed by atoms with Gasteiger partial charge < -0.3 is 14.5 Å². The predicted octanol–water partition coefficient (Wildman–Crippen LogP) is 0.455. The zero-order valence-corrected chi connectivity index (χ0v) is 10.2.